The Morgan fingerprint density at radius 1 is 0.972 bits per heavy atom. The lowest BCUT2D eigenvalue weighted by Crippen LogP contribution is -2.15. The van der Waals surface area contributed by atoms with Crippen LogP contribution in [0.25, 0.3) is 16.8 Å². The molecule has 0 atom stereocenters. The number of hydrogen-bond acceptors (Lipinski definition) is 6. The van der Waals surface area contributed by atoms with Crippen LogP contribution in [0.15, 0.2) is 90.0 Å². The Morgan fingerprint density at radius 3 is 2.47 bits per heavy atom. The summed E-state index contributed by atoms with van der Waals surface area (Å²) in [6.07, 6.45) is 1.60. The van der Waals surface area contributed by atoms with E-state index >= 15 is 0 Å². The van der Waals surface area contributed by atoms with E-state index in [-0.39, 0.29) is 16.3 Å². The van der Waals surface area contributed by atoms with Crippen LogP contribution in [0.3, 0.4) is 0 Å². The normalized spacial score (nSPS) is 11.4. The number of ether oxygens (including phenoxy) is 2. The van der Waals surface area contributed by atoms with E-state index in [4.69, 9.17) is 9.47 Å². The van der Waals surface area contributed by atoms with Gasteiger partial charge in [-0.15, -0.1) is 0 Å². The zero-order valence-electron chi connectivity index (χ0n) is 19.3. The lowest BCUT2D eigenvalue weighted by molar-refractivity contribution is 0.403. The molecule has 5 aromatic rings. The predicted molar refractivity (Wildman–Crippen MR) is 133 cm³/mol. The van der Waals surface area contributed by atoms with Crippen LogP contribution in [0.1, 0.15) is 5.69 Å². The average molecular weight is 505 g/mol. The number of fused-ring (bicyclic) bond motifs is 1. The fourth-order valence-electron chi connectivity index (χ4n) is 3.84. The van der Waals surface area contributed by atoms with Gasteiger partial charge in [-0.1, -0.05) is 36.4 Å². The van der Waals surface area contributed by atoms with Crippen LogP contribution >= 0.6 is 0 Å². The van der Waals surface area contributed by atoms with Crippen molar-refractivity contribution in [3.05, 3.63) is 96.6 Å². The van der Waals surface area contributed by atoms with E-state index in [1.54, 1.807) is 35.8 Å². The number of aromatic nitrogens is 3. The second-order valence-electron chi connectivity index (χ2n) is 7.84. The molecule has 36 heavy (non-hydrogen) atoms. The fraction of sp³-hybridized carbons (Fsp3) is 0.0769. The van der Waals surface area contributed by atoms with Crippen molar-refractivity contribution in [1.82, 2.24) is 14.6 Å². The lowest BCUT2D eigenvalue weighted by atomic mass is 10.1. The summed E-state index contributed by atoms with van der Waals surface area (Å²) in [5.41, 5.74) is 2.10. The van der Waals surface area contributed by atoms with Gasteiger partial charge in [0.05, 0.1) is 18.5 Å². The van der Waals surface area contributed by atoms with E-state index < -0.39 is 15.8 Å². The number of anilines is 1. The Kier molecular flexibility index (Phi) is 6.03. The van der Waals surface area contributed by atoms with Crippen LogP contribution < -0.4 is 14.2 Å². The summed E-state index contributed by atoms with van der Waals surface area (Å²) in [7, 11) is -2.83. The van der Waals surface area contributed by atoms with Gasteiger partial charge in [0, 0.05) is 17.8 Å². The van der Waals surface area contributed by atoms with Gasteiger partial charge in [0.15, 0.2) is 5.65 Å². The fourth-order valence-corrected chi connectivity index (χ4v) is 5.10. The first-order valence-corrected chi connectivity index (χ1v) is 12.4. The van der Waals surface area contributed by atoms with E-state index in [9.17, 15) is 12.8 Å². The van der Waals surface area contributed by atoms with Gasteiger partial charge in [-0.3, -0.25) is 4.72 Å². The van der Waals surface area contributed by atoms with Crippen LogP contribution in [0.4, 0.5) is 10.1 Å². The van der Waals surface area contributed by atoms with E-state index in [0.717, 1.165) is 0 Å². The van der Waals surface area contributed by atoms with Crippen molar-refractivity contribution in [2.75, 3.05) is 11.8 Å². The molecule has 0 amide bonds. The summed E-state index contributed by atoms with van der Waals surface area (Å²) in [6, 6.07) is 21.2. The molecule has 3 aromatic carbocycles. The summed E-state index contributed by atoms with van der Waals surface area (Å²) >= 11 is 0. The number of halogens is 1. The molecule has 0 saturated heterocycles. The van der Waals surface area contributed by atoms with Gasteiger partial charge in [-0.05, 0) is 48.9 Å². The number of aryl methyl sites for hydroxylation is 1. The first-order chi connectivity index (χ1) is 17.4. The van der Waals surface area contributed by atoms with Crippen molar-refractivity contribution in [2.24, 2.45) is 0 Å². The average Bonchev–Trinajstić information content (AvgIpc) is 3.22. The van der Waals surface area contributed by atoms with Gasteiger partial charge in [0.1, 0.15) is 22.2 Å². The van der Waals surface area contributed by atoms with Crippen molar-refractivity contribution >= 4 is 21.4 Å². The first kappa shape index (κ1) is 23.3. The van der Waals surface area contributed by atoms with E-state index in [1.807, 2.05) is 30.3 Å². The number of nitrogens with one attached hydrogen (secondary N) is 1. The standard InChI is InChI=1S/C26H21FN4O4S/c1-17-25(26-28-15-14-24(31(26)29-17)35-19-8-4-3-5-9-19)18-12-13-22(34-2)23(16-18)36(32,33)30-21-11-7-6-10-20(21)27/h3-16,30H,1-2H3. The molecule has 2 aromatic heterocycles. The second kappa shape index (κ2) is 9.31. The third-order valence-electron chi connectivity index (χ3n) is 5.48. The molecule has 1 N–H and O–H groups in total. The number of methoxy groups -OCH3 is 1. The highest BCUT2D eigenvalue weighted by atomic mass is 32.2. The zero-order chi connectivity index (χ0) is 25.3. The van der Waals surface area contributed by atoms with Crippen LogP contribution in [0.2, 0.25) is 0 Å². The molecule has 2 heterocycles. The number of nitrogens with zero attached hydrogens (tertiary/aromatic N) is 3. The number of para-hydroxylation sites is 2. The second-order valence-corrected chi connectivity index (χ2v) is 9.50. The Bertz CT molecular complexity index is 1670. The van der Waals surface area contributed by atoms with Gasteiger partial charge < -0.3 is 9.47 Å². The molecule has 0 aliphatic carbocycles. The SMILES string of the molecule is COc1ccc(-c2c(C)nn3c(Oc4ccccc4)ccnc23)cc1S(=O)(=O)Nc1ccccc1F. The Morgan fingerprint density at radius 2 is 1.72 bits per heavy atom. The molecule has 8 nitrogen and oxygen atoms in total. The number of hydrogen-bond donors (Lipinski definition) is 1. The van der Waals surface area contributed by atoms with Gasteiger partial charge in [0.25, 0.3) is 10.0 Å². The van der Waals surface area contributed by atoms with Crippen LogP contribution in [-0.4, -0.2) is 30.1 Å². The highest BCUT2D eigenvalue weighted by molar-refractivity contribution is 7.92. The van der Waals surface area contributed by atoms with Crippen molar-refractivity contribution in [1.29, 1.82) is 0 Å². The molecule has 182 valence electrons. The van der Waals surface area contributed by atoms with Crippen molar-refractivity contribution in [2.45, 2.75) is 11.8 Å². The summed E-state index contributed by atoms with van der Waals surface area (Å²) in [5, 5.41) is 4.58. The Labute approximate surface area is 207 Å². The molecule has 10 heteroatoms. The largest absolute Gasteiger partial charge is 0.495 e. The quantitative estimate of drug-likeness (QED) is 0.317. The smallest absolute Gasteiger partial charge is 0.265 e. The minimum Gasteiger partial charge on any atom is -0.495 e. The maximum atomic E-state index is 14.2. The predicted octanol–water partition coefficient (Wildman–Crippen LogP) is 5.45. The number of benzene rings is 3. The van der Waals surface area contributed by atoms with Crippen molar-refractivity contribution in [3.8, 4) is 28.5 Å². The third kappa shape index (κ3) is 4.34. The van der Waals surface area contributed by atoms with E-state index in [1.165, 1.54) is 37.4 Å². The van der Waals surface area contributed by atoms with Gasteiger partial charge in [-0.2, -0.15) is 9.61 Å². The van der Waals surface area contributed by atoms with Crippen LogP contribution in [0.5, 0.6) is 17.4 Å². The highest BCUT2D eigenvalue weighted by Crippen LogP contribution is 2.35. The molecule has 0 spiro atoms. The molecule has 0 aliphatic heterocycles. The highest BCUT2D eigenvalue weighted by Gasteiger charge is 2.24. The van der Waals surface area contributed by atoms with Crippen LogP contribution in [-0.2, 0) is 10.0 Å². The van der Waals surface area contributed by atoms with Crippen molar-refractivity contribution < 1.29 is 22.3 Å². The minimum absolute atomic E-state index is 0.109. The molecule has 0 unspecified atom stereocenters. The molecule has 5 rings (SSSR count). The van der Waals surface area contributed by atoms with Gasteiger partial charge >= 0.3 is 0 Å². The molecular weight excluding hydrogens is 483 g/mol. The summed E-state index contributed by atoms with van der Waals surface area (Å²) in [5.74, 6) is 0.502. The Hall–Kier alpha value is -4.44. The Balaban J connectivity index is 1.60. The van der Waals surface area contributed by atoms with E-state index in [0.29, 0.717) is 34.1 Å². The lowest BCUT2D eigenvalue weighted by Gasteiger charge is -2.13. The van der Waals surface area contributed by atoms with E-state index in [2.05, 4.69) is 14.8 Å². The topological polar surface area (TPSA) is 94.8 Å². The summed E-state index contributed by atoms with van der Waals surface area (Å²) in [6.45, 7) is 1.80. The first-order valence-electron chi connectivity index (χ1n) is 10.9. The summed E-state index contributed by atoms with van der Waals surface area (Å²) in [4.78, 5) is 4.32. The molecule has 0 aliphatic rings. The molecule has 0 saturated carbocycles. The maximum Gasteiger partial charge on any atom is 0.265 e. The number of rotatable bonds is 7. The maximum absolute atomic E-state index is 14.2. The molecule has 0 fully saturated rings. The van der Waals surface area contributed by atoms with Crippen molar-refractivity contribution in [3.63, 3.8) is 0 Å². The molecule has 0 radical (unpaired) electrons. The molecule has 0 bridgehead atoms. The monoisotopic (exact) mass is 504 g/mol. The van der Waals surface area contributed by atoms with Gasteiger partial charge in [-0.25, -0.2) is 17.8 Å². The number of sulfonamides is 1. The minimum atomic E-state index is -4.19. The molecular formula is C26H21FN4O4S. The van der Waals surface area contributed by atoms with Crippen LogP contribution in [0, 0.1) is 12.7 Å². The third-order valence-corrected chi connectivity index (χ3v) is 6.87. The zero-order valence-corrected chi connectivity index (χ0v) is 20.2. The van der Waals surface area contributed by atoms with Gasteiger partial charge in [0.2, 0.25) is 5.88 Å². The summed E-state index contributed by atoms with van der Waals surface area (Å²) < 4.78 is 55.8.